The smallest absolute Gasteiger partial charge is 0.338 e. The zero-order valence-electron chi connectivity index (χ0n) is 19.5. The van der Waals surface area contributed by atoms with E-state index in [4.69, 9.17) is 9.84 Å². The molecule has 0 unspecified atom stereocenters. The van der Waals surface area contributed by atoms with Crippen LogP contribution < -0.4 is 0 Å². The van der Waals surface area contributed by atoms with Crippen molar-refractivity contribution in [2.24, 2.45) is 0 Å². The Hall–Kier alpha value is -1.89. The van der Waals surface area contributed by atoms with Gasteiger partial charge in [0, 0.05) is 0 Å². The molecule has 1 rings (SSSR count). The molecule has 0 fully saturated rings. The molecule has 0 aliphatic rings. The number of rotatable bonds is 19. The first-order valence-electron chi connectivity index (χ1n) is 12.1. The van der Waals surface area contributed by atoms with Gasteiger partial charge < -0.3 is 9.84 Å². The Balaban J connectivity index is 2.10. The molecule has 0 radical (unpaired) electrons. The van der Waals surface area contributed by atoms with Crippen molar-refractivity contribution < 1.29 is 27.9 Å². The third kappa shape index (κ3) is 12.8. The van der Waals surface area contributed by atoms with Crippen LogP contribution in [0.3, 0.4) is 0 Å². The summed E-state index contributed by atoms with van der Waals surface area (Å²) in [5, 5.41) is 8.72. The van der Waals surface area contributed by atoms with E-state index in [2.05, 4.69) is 6.92 Å². The van der Waals surface area contributed by atoms with E-state index in [1.54, 1.807) is 0 Å². The molecule has 0 aromatic heterocycles. The fourth-order valence-corrected chi connectivity index (χ4v) is 4.69. The molecular weight excluding hydrogens is 428 g/mol. The van der Waals surface area contributed by atoms with Crippen LogP contribution in [-0.4, -0.2) is 37.8 Å². The fourth-order valence-electron chi connectivity index (χ4n) is 3.61. The molecule has 182 valence electrons. The second kappa shape index (κ2) is 16.7. The molecule has 32 heavy (non-hydrogen) atoms. The van der Waals surface area contributed by atoms with Gasteiger partial charge >= 0.3 is 11.9 Å². The van der Waals surface area contributed by atoms with E-state index in [9.17, 15) is 18.0 Å². The van der Waals surface area contributed by atoms with E-state index in [-0.39, 0.29) is 10.5 Å². The largest absolute Gasteiger partial charge is 0.480 e. The molecule has 0 aliphatic heterocycles. The number of hydrogen-bond donors (Lipinski definition) is 1. The number of carboxylic acids is 1. The number of carboxylic acid groups (broad SMARTS) is 1. The van der Waals surface area contributed by atoms with Gasteiger partial charge in [-0.1, -0.05) is 96.5 Å². The zero-order chi connectivity index (χ0) is 23.7. The van der Waals surface area contributed by atoms with Crippen molar-refractivity contribution in [3.63, 3.8) is 0 Å². The standard InChI is InChI=1S/C25H40O6S/c1-2-3-4-5-6-7-8-9-10-11-12-13-14-15-19-31-25(28)22-17-16-18-23(20-22)32(29,30)21-24(26)27/h16-18,20H,2-15,19,21H2,1H3,(H,26,27). The van der Waals surface area contributed by atoms with Crippen LogP contribution in [0, 0.1) is 0 Å². The normalized spacial score (nSPS) is 11.4. The summed E-state index contributed by atoms with van der Waals surface area (Å²) < 4.78 is 29.2. The summed E-state index contributed by atoms with van der Waals surface area (Å²) in [6, 6.07) is 5.33. The molecular formula is C25H40O6S. The summed E-state index contributed by atoms with van der Waals surface area (Å²) in [5.41, 5.74) is 0.113. The Morgan fingerprint density at radius 2 is 1.31 bits per heavy atom. The average molecular weight is 469 g/mol. The molecule has 0 spiro atoms. The minimum atomic E-state index is -3.97. The minimum Gasteiger partial charge on any atom is -0.480 e. The molecule has 1 N–H and O–H groups in total. The van der Waals surface area contributed by atoms with Gasteiger partial charge in [0.15, 0.2) is 15.6 Å². The third-order valence-electron chi connectivity index (χ3n) is 5.47. The summed E-state index contributed by atoms with van der Waals surface area (Å²) in [6.07, 6.45) is 17.5. The number of esters is 1. The predicted octanol–water partition coefficient (Wildman–Crippen LogP) is 6.18. The van der Waals surface area contributed by atoms with E-state index >= 15 is 0 Å². The van der Waals surface area contributed by atoms with E-state index in [0.29, 0.717) is 6.61 Å². The highest BCUT2D eigenvalue weighted by molar-refractivity contribution is 7.92. The van der Waals surface area contributed by atoms with Gasteiger partial charge in [-0.3, -0.25) is 4.79 Å². The second-order valence-electron chi connectivity index (χ2n) is 8.41. The summed E-state index contributed by atoms with van der Waals surface area (Å²) in [6.45, 7) is 2.54. The van der Waals surface area contributed by atoms with Crippen LogP contribution in [0.4, 0.5) is 0 Å². The first-order chi connectivity index (χ1) is 15.4. The van der Waals surface area contributed by atoms with Crippen molar-refractivity contribution >= 4 is 21.8 Å². The monoisotopic (exact) mass is 468 g/mol. The maximum Gasteiger partial charge on any atom is 0.338 e. The van der Waals surface area contributed by atoms with Gasteiger partial charge in [0.05, 0.1) is 17.1 Å². The lowest BCUT2D eigenvalue weighted by molar-refractivity contribution is -0.134. The Bertz CT molecular complexity index is 772. The molecule has 0 saturated heterocycles. The SMILES string of the molecule is CCCCCCCCCCCCCCCCOC(=O)c1cccc(S(=O)(=O)CC(=O)O)c1. The molecule has 1 aromatic carbocycles. The quantitative estimate of drug-likeness (QED) is 0.192. The lowest BCUT2D eigenvalue weighted by atomic mass is 10.0. The lowest BCUT2D eigenvalue weighted by Gasteiger charge is -2.07. The highest BCUT2D eigenvalue weighted by atomic mass is 32.2. The first kappa shape index (κ1) is 28.1. The van der Waals surface area contributed by atoms with Gasteiger partial charge in [-0.05, 0) is 24.6 Å². The Morgan fingerprint density at radius 1 is 0.812 bits per heavy atom. The van der Waals surface area contributed by atoms with Gasteiger partial charge in [-0.2, -0.15) is 0 Å². The van der Waals surface area contributed by atoms with Crippen molar-refractivity contribution in [3.8, 4) is 0 Å². The molecule has 0 heterocycles. The van der Waals surface area contributed by atoms with Gasteiger partial charge in [0.1, 0.15) is 0 Å². The number of carbonyl (C=O) groups excluding carboxylic acids is 1. The summed E-state index contributed by atoms with van der Waals surface area (Å²) in [4.78, 5) is 22.7. The number of benzene rings is 1. The van der Waals surface area contributed by atoms with Crippen molar-refractivity contribution in [2.75, 3.05) is 12.4 Å². The molecule has 0 aliphatic carbocycles. The number of carbonyl (C=O) groups is 2. The maximum atomic E-state index is 12.1. The average Bonchev–Trinajstić information content (AvgIpc) is 2.75. The molecule has 0 atom stereocenters. The van der Waals surface area contributed by atoms with E-state index in [0.717, 1.165) is 19.3 Å². The number of aliphatic carboxylic acids is 1. The molecule has 0 bridgehead atoms. The number of hydrogen-bond acceptors (Lipinski definition) is 5. The topological polar surface area (TPSA) is 97.7 Å². The van der Waals surface area contributed by atoms with E-state index in [1.807, 2.05) is 0 Å². The number of ether oxygens (including phenoxy) is 1. The maximum absolute atomic E-state index is 12.1. The third-order valence-corrected chi connectivity index (χ3v) is 7.07. The van der Waals surface area contributed by atoms with E-state index < -0.39 is 27.5 Å². The van der Waals surface area contributed by atoms with Crippen LogP contribution in [0.1, 0.15) is 107 Å². The predicted molar refractivity (Wildman–Crippen MR) is 127 cm³/mol. The fraction of sp³-hybridized carbons (Fsp3) is 0.680. The van der Waals surface area contributed by atoms with Crippen LogP contribution in [0.15, 0.2) is 29.2 Å². The Labute approximate surface area is 193 Å². The van der Waals surface area contributed by atoms with Gasteiger partial charge in [0.25, 0.3) is 0 Å². The van der Waals surface area contributed by atoms with Crippen molar-refractivity contribution in [3.05, 3.63) is 29.8 Å². The van der Waals surface area contributed by atoms with Crippen LogP contribution in [0.25, 0.3) is 0 Å². The van der Waals surface area contributed by atoms with Gasteiger partial charge in [-0.15, -0.1) is 0 Å². The van der Waals surface area contributed by atoms with Gasteiger partial charge in [0.2, 0.25) is 0 Å². The molecule has 0 amide bonds. The van der Waals surface area contributed by atoms with Gasteiger partial charge in [-0.25, -0.2) is 13.2 Å². The second-order valence-corrected chi connectivity index (χ2v) is 10.4. The van der Waals surface area contributed by atoms with E-state index in [1.165, 1.54) is 94.9 Å². The number of unbranched alkanes of at least 4 members (excludes halogenated alkanes) is 13. The molecule has 6 nitrogen and oxygen atoms in total. The van der Waals surface area contributed by atoms with Crippen molar-refractivity contribution in [1.82, 2.24) is 0 Å². The first-order valence-corrected chi connectivity index (χ1v) is 13.7. The highest BCUT2D eigenvalue weighted by Crippen LogP contribution is 2.15. The van der Waals surface area contributed by atoms with Crippen LogP contribution in [-0.2, 0) is 19.4 Å². The lowest BCUT2D eigenvalue weighted by Crippen LogP contribution is -2.16. The molecule has 7 heteroatoms. The zero-order valence-corrected chi connectivity index (χ0v) is 20.3. The summed E-state index contributed by atoms with van der Waals surface area (Å²) >= 11 is 0. The number of sulfone groups is 1. The van der Waals surface area contributed by atoms with Crippen LogP contribution >= 0.6 is 0 Å². The van der Waals surface area contributed by atoms with Crippen molar-refractivity contribution in [2.45, 2.75) is 102 Å². The summed E-state index contributed by atoms with van der Waals surface area (Å²) in [7, 11) is -3.97. The molecule has 1 aromatic rings. The Morgan fingerprint density at radius 3 is 1.81 bits per heavy atom. The van der Waals surface area contributed by atoms with Crippen LogP contribution in [0.5, 0.6) is 0 Å². The highest BCUT2D eigenvalue weighted by Gasteiger charge is 2.20. The molecule has 0 saturated carbocycles. The minimum absolute atomic E-state index is 0.113. The summed E-state index contributed by atoms with van der Waals surface area (Å²) in [5.74, 6) is -3.03. The van der Waals surface area contributed by atoms with Crippen molar-refractivity contribution in [1.29, 1.82) is 0 Å². The van der Waals surface area contributed by atoms with Crippen LogP contribution in [0.2, 0.25) is 0 Å². The Kier molecular flexibility index (Phi) is 14.7.